The number of aryl methyl sites for hydroxylation is 1. The van der Waals surface area contributed by atoms with E-state index in [1.165, 1.54) is 19.2 Å². The molecule has 8 heteroatoms. The van der Waals surface area contributed by atoms with Gasteiger partial charge in [-0.2, -0.15) is 0 Å². The van der Waals surface area contributed by atoms with Crippen molar-refractivity contribution in [2.45, 2.75) is 13.3 Å². The summed E-state index contributed by atoms with van der Waals surface area (Å²) in [5.41, 5.74) is 2.75. The molecule has 0 saturated carbocycles. The summed E-state index contributed by atoms with van der Waals surface area (Å²) in [4.78, 5) is 27.0. The van der Waals surface area contributed by atoms with Crippen LogP contribution in [0.5, 0.6) is 0 Å². The summed E-state index contributed by atoms with van der Waals surface area (Å²) >= 11 is 0. The van der Waals surface area contributed by atoms with Gasteiger partial charge < -0.3 is 9.84 Å². The van der Waals surface area contributed by atoms with Gasteiger partial charge in [0.2, 0.25) is 0 Å². The standard InChI is InChI=1S/C18H16N4O4/c1-11-3-8-15-19-14(9-16(23)26-2)17(22(15)10-11)21-20-13-6-4-12(5-7-13)18(24)25/h3-8,10H,9H2,1-2H3,(H,24,25). The molecule has 0 radical (unpaired) electrons. The van der Waals surface area contributed by atoms with Crippen molar-refractivity contribution in [2.75, 3.05) is 7.11 Å². The lowest BCUT2D eigenvalue weighted by Crippen LogP contribution is -2.04. The Morgan fingerprint density at radius 3 is 2.54 bits per heavy atom. The van der Waals surface area contributed by atoms with Crippen LogP contribution in [-0.2, 0) is 16.0 Å². The van der Waals surface area contributed by atoms with Crippen LogP contribution < -0.4 is 0 Å². The quantitative estimate of drug-likeness (QED) is 0.559. The zero-order chi connectivity index (χ0) is 18.7. The van der Waals surface area contributed by atoms with E-state index in [4.69, 9.17) is 9.84 Å². The maximum atomic E-state index is 11.7. The van der Waals surface area contributed by atoms with Crippen LogP contribution in [-0.4, -0.2) is 33.5 Å². The number of ether oxygens (including phenoxy) is 1. The minimum absolute atomic E-state index is 0.0243. The van der Waals surface area contributed by atoms with E-state index in [9.17, 15) is 9.59 Å². The monoisotopic (exact) mass is 352 g/mol. The Morgan fingerprint density at radius 1 is 1.15 bits per heavy atom. The minimum Gasteiger partial charge on any atom is -0.478 e. The molecule has 0 aliphatic heterocycles. The molecule has 0 atom stereocenters. The summed E-state index contributed by atoms with van der Waals surface area (Å²) < 4.78 is 6.46. The molecule has 0 aliphatic carbocycles. The molecule has 2 heterocycles. The van der Waals surface area contributed by atoms with Gasteiger partial charge in [-0.05, 0) is 42.8 Å². The second-order valence-electron chi connectivity index (χ2n) is 5.62. The second kappa shape index (κ2) is 7.14. The van der Waals surface area contributed by atoms with Crippen molar-refractivity contribution < 1.29 is 19.4 Å². The molecule has 8 nitrogen and oxygen atoms in total. The minimum atomic E-state index is -1.01. The molecule has 1 N–H and O–H groups in total. The van der Waals surface area contributed by atoms with Crippen LogP contribution in [0.3, 0.4) is 0 Å². The number of carboxylic acids is 1. The Morgan fingerprint density at radius 2 is 1.88 bits per heavy atom. The van der Waals surface area contributed by atoms with E-state index in [0.717, 1.165) is 5.56 Å². The molecule has 0 aliphatic rings. The zero-order valence-corrected chi connectivity index (χ0v) is 14.2. The number of rotatable bonds is 5. The third-order valence-corrected chi connectivity index (χ3v) is 3.72. The number of nitrogens with zero attached hydrogens (tertiary/aromatic N) is 4. The molecule has 3 rings (SSSR count). The fourth-order valence-corrected chi connectivity index (χ4v) is 2.40. The summed E-state index contributed by atoms with van der Waals surface area (Å²) in [6.45, 7) is 1.94. The Hall–Kier alpha value is -3.55. The number of carboxylic acid groups (broad SMARTS) is 1. The van der Waals surface area contributed by atoms with Crippen LogP contribution in [0.15, 0.2) is 52.8 Å². The molecule has 0 spiro atoms. The van der Waals surface area contributed by atoms with Gasteiger partial charge in [0.15, 0.2) is 5.82 Å². The van der Waals surface area contributed by atoms with Crippen molar-refractivity contribution in [1.82, 2.24) is 9.38 Å². The first kappa shape index (κ1) is 17.3. The summed E-state index contributed by atoms with van der Waals surface area (Å²) in [6.07, 6.45) is 1.83. The van der Waals surface area contributed by atoms with Crippen LogP contribution in [0.4, 0.5) is 11.5 Å². The lowest BCUT2D eigenvalue weighted by atomic mass is 10.2. The highest BCUT2D eigenvalue weighted by atomic mass is 16.5. The van der Waals surface area contributed by atoms with Crippen molar-refractivity contribution in [3.05, 3.63) is 59.4 Å². The molecule has 26 heavy (non-hydrogen) atoms. The van der Waals surface area contributed by atoms with Gasteiger partial charge in [-0.1, -0.05) is 6.07 Å². The molecule has 0 bridgehead atoms. The first-order chi connectivity index (χ1) is 12.5. The number of hydrogen-bond acceptors (Lipinski definition) is 6. The Bertz CT molecular complexity index is 1010. The number of azo groups is 1. The lowest BCUT2D eigenvalue weighted by molar-refractivity contribution is -0.139. The van der Waals surface area contributed by atoms with Crippen LogP contribution >= 0.6 is 0 Å². The number of aromatic carboxylic acids is 1. The molecule has 132 valence electrons. The highest BCUT2D eigenvalue weighted by Gasteiger charge is 2.16. The average Bonchev–Trinajstić information content (AvgIpc) is 2.96. The van der Waals surface area contributed by atoms with Crippen molar-refractivity contribution in [3.8, 4) is 0 Å². The van der Waals surface area contributed by atoms with E-state index < -0.39 is 11.9 Å². The molecular weight excluding hydrogens is 336 g/mol. The SMILES string of the molecule is COC(=O)Cc1nc2ccc(C)cn2c1N=Nc1ccc(C(=O)O)cc1. The number of methoxy groups -OCH3 is 1. The Balaban J connectivity index is 2.01. The van der Waals surface area contributed by atoms with Crippen molar-refractivity contribution in [3.63, 3.8) is 0 Å². The third-order valence-electron chi connectivity index (χ3n) is 3.72. The molecule has 0 fully saturated rings. The van der Waals surface area contributed by atoms with Crippen LogP contribution in [0, 0.1) is 6.92 Å². The van der Waals surface area contributed by atoms with Crippen LogP contribution in [0.25, 0.3) is 5.65 Å². The smallest absolute Gasteiger partial charge is 0.335 e. The molecule has 2 aromatic heterocycles. The normalized spacial score (nSPS) is 11.2. The van der Waals surface area contributed by atoms with Gasteiger partial charge in [-0.25, -0.2) is 9.78 Å². The molecule has 0 unspecified atom stereocenters. The second-order valence-corrected chi connectivity index (χ2v) is 5.62. The molecule has 3 aromatic rings. The molecule has 0 saturated heterocycles. The van der Waals surface area contributed by atoms with Gasteiger partial charge in [0, 0.05) is 6.20 Å². The first-order valence-electron chi connectivity index (χ1n) is 7.77. The van der Waals surface area contributed by atoms with Crippen molar-refractivity contribution in [1.29, 1.82) is 0 Å². The van der Waals surface area contributed by atoms with Gasteiger partial charge in [0.1, 0.15) is 5.65 Å². The number of esters is 1. The third kappa shape index (κ3) is 3.59. The fourth-order valence-electron chi connectivity index (χ4n) is 2.40. The van der Waals surface area contributed by atoms with E-state index in [1.807, 2.05) is 25.3 Å². The van der Waals surface area contributed by atoms with E-state index in [0.29, 0.717) is 22.8 Å². The van der Waals surface area contributed by atoms with Crippen molar-refractivity contribution >= 4 is 29.1 Å². The topological polar surface area (TPSA) is 106 Å². The Kier molecular flexibility index (Phi) is 4.74. The Labute approximate surface area is 148 Å². The number of aromatic nitrogens is 2. The van der Waals surface area contributed by atoms with Gasteiger partial charge >= 0.3 is 11.9 Å². The summed E-state index contributed by atoms with van der Waals surface area (Å²) in [6, 6.07) is 9.75. The number of fused-ring (bicyclic) bond motifs is 1. The fraction of sp³-hybridized carbons (Fsp3) is 0.167. The molecule has 0 amide bonds. The van der Waals surface area contributed by atoms with E-state index in [-0.39, 0.29) is 12.0 Å². The maximum Gasteiger partial charge on any atom is 0.335 e. The van der Waals surface area contributed by atoms with E-state index in [2.05, 4.69) is 15.2 Å². The van der Waals surface area contributed by atoms with Crippen molar-refractivity contribution in [2.24, 2.45) is 10.2 Å². The van der Waals surface area contributed by atoms with Gasteiger partial charge in [-0.15, -0.1) is 10.2 Å². The molecule has 1 aromatic carbocycles. The number of benzene rings is 1. The summed E-state index contributed by atoms with van der Waals surface area (Å²) in [7, 11) is 1.31. The lowest BCUT2D eigenvalue weighted by Gasteiger charge is -2.00. The van der Waals surface area contributed by atoms with Gasteiger partial charge in [0.05, 0.1) is 30.5 Å². The number of carbonyl (C=O) groups is 2. The highest BCUT2D eigenvalue weighted by Crippen LogP contribution is 2.25. The van der Waals surface area contributed by atoms with Crippen LogP contribution in [0.2, 0.25) is 0 Å². The number of imidazole rings is 1. The van der Waals surface area contributed by atoms with Gasteiger partial charge in [-0.3, -0.25) is 9.20 Å². The van der Waals surface area contributed by atoms with Gasteiger partial charge in [0.25, 0.3) is 0 Å². The number of pyridine rings is 1. The number of carbonyl (C=O) groups excluding carboxylic acids is 1. The predicted molar refractivity (Wildman–Crippen MR) is 93.2 cm³/mol. The predicted octanol–water partition coefficient (Wildman–Crippen LogP) is 3.47. The average molecular weight is 352 g/mol. The number of hydrogen-bond donors (Lipinski definition) is 1. The largest absolute Gasteiger partial charge is 0.478 e. The van der Waals surface area contributed by atoms with Crippen LogP contribution in [0.1, 0.15) is 21.6 Å². The first-order valence-corrected chi connectivity index (χ1v) is 7.77. The van der Waals surface area contributed by atoms with E-state index in [1.54, 1.807) is 16.5 Å². The maximum absolute atomic E-state index is 11.7. The highest BCUT2D eigenvalue weighted by molar-refractivity contribution is 5.87. The van der Waals surface area contributed by atoms with E-state index >= 15 is 0 Å². The zero-order valence-electron chi connectivity index (χ0n) is 14.2. The molecular formula is C18H16N4O4. The summed E-state index contributed by atoms with van der Waals surface area (Å²) in [5.74, 6) is -1.00. The summed E-state index contributed by atoms with van der Waals surface area (Å²) in [5, 5.41) is 17.3.